The summed E-state index contributed by atoms with van der Waals surface area (Å²) in [5.41, 5.74) is 0. The number of benzene rings is 1. The number of aliphatic imine (C=N–C) groups is 1. The molecule has 0 aliphatic rings. The van der Waals surface area contributed by atoms with Gasteiger partial charge in [0.25, 0.3) is 0 Å². The van der Waals surface area contributed by atoms with E-state index in [-0.39, 0.29) is 29.7 Å². The summed E-state index contributed by atoms with van der Waals surface area (Å²) in [6.45, 7) is 13.1. The number of halogens is 1. The molecule has 6 nitrogen and oxygen atoms in total. The summed E-state index contributed by atoms with van der Waals surface area (Å²) in [5, 5.41) is 6.67. The van der Waals surface area contributed by atoms with Gasteiger partial charge < -0.3 is 15.5 Å². The Bertz CT molecular complexity index is 665. The molecule has 0 amide bonds. The number of sulfone groups is 1. The van der Waals surface area contributed by atoms with Gasteiger partial charge in [0.05, 0.1) is 10.6 Å². The molecule has 0 bridgehead atoms. The van der Waals surface area contributed by atoms with Crippen LogP contribution in [0.1, 0.15) is 47.0 Å². The molecule has 168 valence electrons. The maximum atomic E-state index is 12.3. The summed E-state index contributed by atoms with van der Waals surface area (Å²) >= 11 is 0. The molecule has 1 atom stereocenters. The van der Waals surface area contributed by atoms with Gasteiger partial charge in [0.2, 0.25) is 0 Å². The Morgan fingerprint density at radius 1 is 1.10 bits per heavy atom. The van der Waals surface area contributed by atoms with E-state index in [2.05, 4.69) is 41.3 Å². The first-order valence-electron chi connectivity index (χ1n) is 10.5. The molecular formula is C21H39IN4O2S. The lowest BCUT2D eigenvalue weighted by molar-refractivity contribution is 0.292. The highest BCUT2D eigenvalue weighted by Gasteiger charge is 2.13. The molecule has 0 fully saturated rings. The lowest BCUT2D eigenvalue weighted by Crippen LogP contribution is -2.42. The predicted molar refractivity (Wildman–Crippen MR) is 134 cm³/mol. The summed E-state index contributed by atoms with van der Waals surface area (Å²) in [6, 6.07) is 8.93. The van der Waals surface area contributed by atoms with Crippen molar-refractivity contribution in [1.82, 2.24) is 15.5 Å². The second-order valence-corrected chi connectivity index (χ2v) is 9.07. The van der Waals surface area contributed by atoms with E-state index < -0.39 is 9.84 Å². The van der Waals surface area contributed by atoms with Crippen LogP contribution < -0.4 is 10.6 Å². The van der Waals surface area contributed by atoms with Gasteiger partial charge in [-0.15, -0.1) is 24.0 Å². The third-order valence-electron chi connectivity index (χ3n) is 4.68. The summed E-state index contributed by atoms with van der Waals surface area (Å²) in [6.07, 6.45) is 2.72. The van der Waals surface area contributed by atoms with Crippen LogP contribution >= 0.6 is 24.0 Å². The second-order valence-electron chi connectivity index (χ2n) is 6.96. The largest absolute Gasteiger partial charge is 0.357 e. The van der Waals surface area contributed by atoms with E-state index in [4.69, 9.17) is 0 Å². The van der Waals surface area contributed by atoms with Gasteiger partial charge >= 0.3 is 0 Å². The first-order valence-corrected chi connectivity index (χ1v) is 12.1. The first kappa shape index (κ1) is 28.1. The highest BCUT2D eigenvalue weighted by Crippen LogP contribution is 2.11. The van der Waals surface area contributed by atoms with E-state index >= 15 is 0 Å². The predicted octanol–water partition coefficient (Wildman–Crippen LogP) is 3.53. The first-order chi connectivity index (χ1) is 13.4. The van der Waals surface area contributed by atoms with Gasteiger partial charge in [-0.3, -0.25) is 4.99 Å². The molecule has 0 radical (unpaired) electrons. The molecule has 1 aromatic carbocycles. The number of rotatable bonds is 13. The molecule has 29 heavy (non-hydrogen) atoms. The van der Waals surface area contributed by atoms with Crippen molar-refractivity contribution in [2.75, 3.05) is 38.5 Å². The Kier molecular flexibility index (Phi) is 15.4. The van der Waals surface area contributed by atoms with Crippen LogP contribution in [0, 0.1) is 0 Å². The van der Waals surface area contributed by atoms with Crippen molar-refractivity contribution in [3.63, 3.8) is 0 Å². The van der Waals surface area contributed by atoms with E-state index in [9.17, 15) is 8.42 Å². The summed E-state index contributed by atoms with van der Waals surface area (Å²) in [7, 11) is -3.23. The third-order valence-corrected chi connectivity index (χ3v) is 6.49. The van der Waals surface area contributed by atoms with Crippen LogP contribution in [0.4, 0.5) is 0 Å². The second kappa shape index (κ2) is 15.9. The van der Waals surface area contributed by atoms with Gasteiger partial charge in [0.1, 0.15) is 0 Å². The van der Waals surface area contributed by atoms with E-state index in [1.165, 1.54) is 0 Å². The summed E-state index contributed by atoms with van der Waals surface area (Å²) in [4.78, 5) is 7.36. The van der Waals surface area contributed by atoms with Gasteiger partial charge in [0.15, 0.2) is 15.8 Å². The molecule has 0 heterocycles. The van der Waals surface area contributed by atoms with Crippen LogP contribution in [0.15, 0.2) is 40.2 Å². The minimum atomic E-state index is -3.23. The van der Waals surface area contributed by atoms with Crippen molar-refractivity contribution in [2.45, 2.75) is 57.9 Å². The fourth-order valence-corrected chi connectivity index (χ4v) is 4.29. The highest BCUT2D eigenvalue weighted by molar-refractivity contribution is 14.0. The maximum Gasteiger partial charge on any atom is 0.191 e. The van der Waals surface area contributed by atoms with Crippen LogP contribution in [0.2, 0.25) is 0 Å². The molecule has 0 spiro atoms. The average molecular weight is 539 g/mol. The monoisotopic (exact) mass is 538 g/mol. The number of guanidine groups is 1. The lowest BCUT2D eigenvalue weighted by atomic mass is 10.2. The lowest BCUT2D eigenvalue weighted by Gasteiger charge is -2.21. The molecule has 1 aromatic rings. The topological polar surface area (TPSA) is 73.8 Å². The molecule has 0 saturated carbocycles. The van der Waals surface area contributed by atoms with E-state index in [1.807, 2.05) is 13.0 Å². The van der Waals surface area contributed by atoms with Crippen LogP contribution in [-0.4, -0.2) is 63.8 Å². The van der Waals surface area contributed by atoms with Crippen molar-refractivity contribution in [2.24, 2.45) is 4.99 Å². The Balaban J connectivity index is 0.00000784. The van der Waals surface area contributed by atoms with Gasteiger partial charge in [-0.1, -0.05) is 32.0 Å². The quantitative estimate of drug-likeness (QED) is 0.174. The van der Waals surface area contributed by atoms with Crippen molar-refractivity contribution in [3.8, 4) is 0 Å². The molecule has 0 saturated heterocycles. The van der Waals surface area contributed by atoms with Crippen molar-refractivity contribution in [3.05, 3.63) is 30.3 Å². The number of hydrogen-bond donors (Lipinski definition) is 2. The average Bonchev–Trinajstić information content (AvgIpc) is 2.69. The van der Waals surface area contributed by atoms with Crippen molar-refractivity contribution in [1.29, 1.82) is 0 Å². The standard InChI is InChI=1S/C21H38N4O2S.HI/c1-5-22-21(24-19(4)13-11-17-25(6-2)7-3)23-16-12-18-28(26,27)20-14-9-8-10-15-20;/h8-10,14-15,19H,5-7,11-13,16-18H2,1-4H3,(H2,22,23,24);1H. The van der Waals surface area contributed by atoms with Gasteiger partial charge in [0, 0.05) is 19.1 Å². The fourth-order valence-electron chi connectivity index (χ4n) is 2.98. The molecule has 8 heteroatoms. The normalized spacial score (nSPS) is 13.1. The summed E-state index contributed by atoms with van der Waals surface area (Å²) < 4.78 is 24.6. The molecular weight excluding hydrogens is 499 g/mol. The Labute approximate surface area is 194 Å². The van der Waals surface area contributed by atoms with E-state index in [1.54, 1.807) is 24.3 Å². The molecule has 1 unspecified atom stereocenters. The minimum absolute atomic E-state index is 0. The smallest absolute Gasteiger partial charge is 0.191 e. The highest BCUT2D eigenvalue weighted by atomic mass is 127. The zero-order chi connectivity index (χ0) is 20.8. The Morgan fingerprint density at radius 3 is 2.34 bits per heavy atom. The van der Waals surface area contributed by atoms with E-state index in [0.29, 0.717) is 23.9 Å². The van der Waals surface area contributed by atoms with Gasteiger partial charge in [-0.2, -0.15) is 0 Å². The molecule has 1 rings (SSSR count). The molecule has 2 N–H and O–H groups in total. The number of nitrogens with one attached hydrogen (secondary N) is 2. The van der Waals surface area contributed by atoms with Crippen molar-refractivity contribution < 1.29 is 8.42 Å². The van der Waals surface area contributed by atoms with Gasteiger partial charge in [-0.25, -0.2) is 8.42 Å². The Morgan fingerprint density at radius 2 is 1.76 bits per heavy atom. The Hall–Kier alpha value is -0.870. The van der Waals surface area contributed by atoms with Crippen molar-refractivity contribution >= 4 is 39.8 Å². The molecule has 0 aliphatic heterocycles. The molecule has 0 aliphatic carbocycles. The number of hydrogen-bond acceptors (Lipinski definition) is 4. The van der Waals surface area contributed by atoms with Crippen LogP contribution in [-0.2, 0) is 9.84 Å². The maximum absolute atomic E-state index is 12.3. The van der Waals surface area contributed by atoms with Crippen LogP contribution in [0.25, 0.3) is 0 Å². The fraction of sp³-hybridized carbons (Fsp3) is 0.667. The summed E-state index contributed by atoms with van der Waals surface area (Å²) in [5.74, 6) is 0.870. The SMILES string of the molecule is CCNC(=NCCCS(=O)(=O)c1ccccc1)NC(C)CCCN(CC)CC.I. The van der Waals surface area contributed by atoms with Crippen LogP contribution in [0.3, 0.4) is 0 Å². The zero-order valence-corrected chi connectivity index (χ0v) is 21.5. The third kappa shape index (κ3) is 11.8. The van der Waals surface area contributed by atoms with E-state index in [0.717, 1.165) is 45.0 Å². The minimum Gasteiger partial charge on any atom is -0.357 e. The zero-order valence-electron chi connectivity index (χ0n) is 18.4. The van der Waals surface area contributed by atoms with Crippen LogP contribution in [0.5, 0.6) is 0 Å². The number of nitrogens with zero attached hydrogens (tertiary/aromatic N) is 2. The molecule has 0 aromatic heterocycles. The van der Waals surface area contributed by atoms with Gasteiger partial charge in [-0.05, 0) is 64.9 Å².